The zero-order chi connectivity index (χ0) is 12.9. The van der Waals surface area contributed by atoms with Gasteiger partial charge in [0, 0.05) is 0 Å². The van der Waals surface area contributed by atoms with Crippen molar-refractivity contribution in [2.75, 3.05) is 13.2 Å². The molecule has 0 saturated heterocycles. The molecule has 4 nitrogen and oxygen atoms in total. The summed E-state index contributed by atoms with van der Waals surface area (Å²) in [6.45, 7) is 6.57. The van der Waals surface area contributed by atoms with Crippen LogP contribution in [0.2, 0.25) is 0 Å². The van der Waals surface area contributed by atoms with E-state index < -0.39 is 5.54 Å². The van der Waals surface area contributed by atoms with Crippen molar-refractivity contribution in [1.29, 1.82) is 0 Å². The lowest BCUT2D eigenvalue weighted by atomic mass is 9.95. The van der Waals surface area contributed by atoms with Gasteiger partial charge in [-0.3, -0.25) is 0 Å². The summed E-state index contributed by atoms with van der Waals surface area (Å²) in [6, 6.07) is 0. The van der Waals surface area contributed by atoms with Gasteiger partial charge in [0.1, 0.15) is 5.54 Å². The highest BCUT2D eigenvalue weighted by atomic mass is 16.5. The van der Waals surface area contributed by atoms with Gasteiger partial charge in [0.05, 0.1) is 19.3 Å². The maximum absolute atomic E-state index is 11.9. The molecule has 0 aliphatic heterocycles. The highest BCUT2D eigenvalue weighted by Crippen LogP contribution is 2.39. The Hall–Kier alpha value is -0.610. The molecule has 1 saturated carbocycles. The molecule has 0 radical (unpaired) electrons. The van der Waals surface area contributed by atoms with Crippen LogP contribution in [0.3, 0.4) is 0 Å². The topological polar surface area (TPSA) is 61.5 Å². The fraction of sp³-hybridized carbons (Fsp3) is 0.923. The summed E-state index contributed by atoms with van der Waals surface area (Å²) in [5, 5.41) is 0. The molecular formula is C13H25NO3. The molecule has 0 aromatic carbocycles. The molecule has 1 rings (SSSR count). The first-order valence-corrected chi connectivity index (χ1v) is 6.62. The second-order valence-corrected chi connectivity index (χ2v) is 4.95. The van der Waals surface area contributed by atoms with Crippen LogP contribution in [0.1, 0.15) is 46.5 Å². The number of carbonyl (C=O) groups excluding carboxylic acids is 1. The van der Waals surface area contributed by atoms with Gasteiger partial charge in [-0.1, -0.05) is 13.3 Å². The number of hydrogen-bond acceptors (Lipinski definition) is 4. The third-order valence-corrected chi connectivity index (χ3v) is 3.26. The Morgan fingerprint density at radius 1 is 1.47 bits per heavy atom. The maximum Gasteiger partial charge on any atom is 0.328 e. The van der Waals surface area contributed by atoms with E-state index in [9.17, 15) is 4.79 Å². The molecule has 0 amide bonds. The van der Waals surface area contributed by atoms with E-state index in [4.69, 9.17) is 15.2 Å². The van der Waals surface area contributed by atoms with Crippen molar-refractivity contribution in [3.05, 3.63) is 0 Å². The minimum atomic E-state index is -0.933. The van der Waals surface area contributed by atoms with E-state index in [1.807, 2.05) is 6.92 Å². The molecule has 0 spiro atoms. The molecule has 1 aliphatic rings. The average molecular weight is 243 g/mol. The number of rotatable bonds is 8. The van der Waals surface area contributed by atoms with Crippen LogP contribution in [0.4, 0.5) is 0 Å². The van der Waals surface area contributed by atoms with Crippen LogP contribution in [-0.4, -0.2) is 30.8 Å². The molecule has 0 heterocycles. The largest absolute Gasteiger partial charge is 0.465 e. The van der Waals surface area contributed by atoms with Gasteiger partial charge in [0.15, 0.2) is 0 Å². The first-order chi connectivity index (χ1) is 8.04. The van der Waals surface area contributed by atoms with E-state index in [0.29, 0.717) is 6.61 Å². The van der Waals surface area contributed by atoms with E-state index in [1.165, 1.54) is 0 Å². The van der Waals surface area contributed by atoms with Gasteiger partial charge >= 0.3 is 5.97 Å². The van der Waals surface area contributed by atoms with Gasteiger partial charge in [-0.05, 0) is 39.0 Å². The monoisotopic (exact) mass is 243 g/mol. The van der Waals surface area contributed by atoms with Crippen molar-refractivity contribution in [2.24, 2.45) is 11.7 Å². The Kier molecular flexibility index (Phi) is 5.40. The van der Waals surface area contributed by atoms with Crippen LogP contribution in [0.25, 0.3) is 0 Å². The van der Waals surface area contributed by atoms with E-state index in [2.05, 4.69) is 6.92 Å². The summed E-state index contributed by atoms with van der Waals surface area (Å²) in [6.07, 6.45) is 4.21. The first-order valence-electron chi connectivity index (χ1n) is 6.62. The standard InChI is InChI=1S/C13H25NO3/c1-4-6-10(3)17-9-13(14,11-7-8-11)12(15)16-5-2/h10-11H,4-9,14H2,1-3H3. The van der Waals surface area contributed by atoms with Crippen molar-refractivity contribution in [3.63, 3.8) is 0 Å². The van der Waals surface area contributed by atoms with Crippen LogP contribution in [0.5, 0.6) is 0 Å². The average Bonchev–Trinajstić information content (AvgIpc) is 3.10. The highest BCUT2D eigenvalue weighted by Gasteiger charge is 2.49. The fourth-order valence-electron chi connectivity index (χ4n) is 1.98. The molecule has 2 unspecified atom stereocenters. The van der Waals surface area contributed by atoms with Crippen molar-refractivity contribution in [3.8, 4) is 0 Å². The van der Waals surface area contributed by atoms with Gasteiger partial charge in [0.25, 0.3) is 0 Å². The molecule has 17 heavy (non-hydrogen) atoms. The second kappa shape index (κ2) is 6.36. The fourth-order valence-corrected chi connectivity index (χ4v) is 1.98. The van der Waals surface area contributed by atoms with Crippen molar-refractivity contribution in [1.82, 2.24) is 0 Å². The Bertz CT molecular complexity index is 253. The van der Waals surface area contributed by atoms with Crippen molar-refractivity contribution < 1.29 is 14.3 Å². The van der Waals surface area contributed by atoms with Crippen LogP contribution >= 0.6 is 0 Å². The van der Waals surface area contributed by atoms with E-state index >= 15 is 0 Å². The van der Waals surface area contributed by atoms with Crippen LogP contribution in [0.15, 0.2) is 0 Å². The second-order valence-electron chi connectivity index (χ2n) is 4.95. The molecule has 100 valence electrons. The van der Waals surface area contributed by atoms with Gasteiger partial charge < -0.3 is 15.2 Å². The molecule has 2 atom stereocenters. The lowest BCUT2D eigenvalue weighted by Crippen LogP contribution is -2.55. The number of carbonyl (C=O) groups is 1. The number of hydrogen-bond donors (Lipinski definition) is 1. The Balaban J connectivity index is 2.50. The zero-order valence-corrected chi connectivity index (χ0v) is 11.2. The van der Waals surface area contributed by atoms with Gasteiger partial charge in [-0.15, -0.1) is 0 Å². The summed E-state index contributed by atoms with van der Waals surface area (Å²) in [4.78, 5) is 11.9. The molecule has 0 aromatic heterocycles. The molecule has 1 aliphatic carbocycles. The molecule has 2 N–H and O–H groups in total. The van der Waals surface area contributed by atoms with Gasteiger partial charge in [-0.25, -0.2) is 4.79 Å². The van der Waals surface area contributed by atoms with Gasteiger partial charge in [0.2, 0.25) is 0 Å². The number of ether oxygens (including phenoxy) is 2. The normalized spacial score (nSPS) is 20.7. The smallest absolute Gasteiger partial charge is 0.328 e. The summed E-state index contributed by atoms with van der Waals surface area (Å²) < 4.78 is 10.7. The molecule has 4 heteroatoms. The van der Waals surface area contributed by atoms with Crippen molar-refractivity contribution in [2.45, 2.75) is 58.1 Å². The molecular weight excluding hydrogens is 218 g/mol. The minimum absolute atomic E-state index is 0.149. The third kappa shape index (κ3) is 3.96. The zero-order valence-electron chi connectivity index (χ0n) is 11.2. The third-order valence-electron chi connectivity index (χ3n) is 3.26. The predicted octanol–water partition coefficient (Wildman–Crippen LogP) is 1.86. The maximum atomic E-state index is 11.9. The van der Waals surface area contributed by atoms with Crippen LogP contribution < -0.4 is 5.73 Å². The Labute approximate surface area is 104 Å². The summed E-state index contributed by atoms with van der Waals surface area (Å²) >= 11 is 0. The van der Waals surface area contributed by atoms with E-state index in [0.717, 1.165) is 25.7 Å². The van der Waals surface area contributed by atoms with Crippen molar-refractivity contribution >= 4 is 5.97 Å². The number of esters is 1. The van der Waals surface area contributed by atoms with E-state index in [-0.39, 0.29) is 24.6 Å². The first kappa shape index (κ1) is 14.5. The molecule has 0 aromatic rings. The Morgan fingerprint density at radius 2 is 2.12 bits per heavy atom. The Morgan fingerprint density at radius 3 is 2.59 bits per heavy atom. The van der Waals surface area contributed by atoms with E-state index in [1.54, 1.807) is 6.92 Å². The predicted molar refractivity (Wildman–Crippen MR) is 66.6 cm³/mol. The van der Waals surface area contributed by atoms with Gasteiger partial charge in [-0.2, -0.15) is 0 Å². The molecule has 0 bridgehead atoms. The summed E-state index contributed by atoms with van der Waals surface area (Å²) in [7, 11) is 0. The van der Waals surface area contributed by atoms with Crippen LogP contribution in [0, 0.1) is 5.92 Å². The lowest BCUT2D eigenvalue weighted by Gasteiger charge is -2.28. The SMILES string of the molecule is CCCC(C)OCC(N)(C(=O)OCC)C1CC1. The molecule has 1 fully saturated rings. The summed E-state index contributed by atoms with van der Waals surface area (Å²) in [5.74, 6) is -0.0819. The number of nitrogens with two attached hydrogens (primary N) is 1. The lowest BCUT2D eigenvalue weighted by molar-refractivity contribution is -0.154. The quantitative estimate of drug-likeness (QED) is 0.661. The highest BCUT2D eigenvalue weighted by molar-refractivity contribution is 5.81. The van der Waals surface area contributed by atoms with Crippen LogP contribution in [-0.2, 0) is 14.3 Å². The summed E-state index contributed by atoms with van der Waals surface area (Å²) in [5.41, 5.74) is 5.25. The minimum Gasteiger partial charge on any atom is -0.465 e.